The number of hydrogen-bond donors (Lipinski definition) is 1. The van der Waals surface area contributed by atoms with Gasteiger partial charge in [-0.05, 0) is 25.2 Å². The fraction of sp³-hybridized carbons (Fsp3) is 0.625. The highest BCUT2D eigenvalue weighted by Gasteiger charge is 2.14. The van der Waals surface area contributed by atoms with Gasteiger partial charge in [0.15, 0.2) is 0 Å². The van der Waals surface area contributed by atoms with E-state index in [2.05, 4.69) is 33.9 Å². The van der Waals surface area contributed by atoms with Crippen molar-refractivity contribution in [2.45, 2.75) is 13.8 Å². The Hall–Kier alpha value is -1.66. The number of nitrogens with zero attached hydrogens (tertiary/aromatic N) is 3. The number of aromatic nitrogens is 1. The third-order valence-electron chi connectivity index (χ3n) is 3.95. The molecule has 1 amide bonds. The minimum Gasteiger partial charge on any atom is -0.378 e. The van der Waals surface area contributed by atoms with E-state index in [-0.39, 0.29) is 5.91 Å². The molecular weight excluding hydrogens is 280 g/mol. The molecule has 0 radical (unpaired) electrons. The Morgan fingerprint density at radius 1 is 1.36 bits per heavy atom. The molecule has 0 aliphatic carbocycles. The van der Waals surface area contributed by atoms with Gasteiger partial charge in [-0.25, -0.2) is 4.98 Å². The Labute approximate surface area is 132 Å². The molecule has 0 spiro atoms. The van der Waals surface area contributed by atoms with Gasteiger partial charge in [0.1, 0.15) is 5.82 Å². The van der Waals surface area contributed by atoms with Crippen LogP contribution in [0, 0.1) is 0 Å². The molecule has 1 saturated heterocycles. The zero-order chi connectivity index (χ0) is 15.8. The predicted molar refractivity (Wildman–Crippen MR) is 87.4 cm³/mol. The number of carbonyl (C=O) groups is 1. The summed E-state index contributed by atoms with van der Waals surface area (Å²) in [6, 6.07) is 3.62. The maximum Gasteiger partial charge on any atom is 0.251 e. The standard InChI is InChI=1S/C16H26N4O2/c1-3-19(4-2)8-7-18-16(21)14-5-6-17-15(13-14)20-9-11-22-12-10-20/h5-6,13H,3-4,7-12H2,1-2H3,(H,18,21). The summed E-state index contributed by atoms with van der Waals surface area (Å²) >= 11 is 0. The lowest BCUT2D eigenvalue weighted by atomic mass is 10.2. The zero-order valence-corrected chi connectivity index (χ0v) is 13.5. The third kappa shape index (κ3) is 4.68. The molecule has 0 aromatic carbocycles. The molecule has 1 aromatic rings. The zero-order valence-electron chi connectivity index (χ0n) is 13.5. The first-order valence-electron chi connectivity index (χ1n) is 8.04. The van der Waals surface area contributed by atoms with Crippen LogP contribution in [-0.2, 0) is 4.74 Å². The third-order valence-corrected chi connectivity index (χ3v) is 3.95. The normalized spacial score (nSPS) is 15.1. The monoisotopic (exact) mass is 306 g/mol. The van der Waals surface area contributed by atoms with Gasteiger partial charge >= 0.3 is 0 Å². The largest absolute Gasteiger partial charge is 0.378 e. The van der Waals surface area contributed by atoms with Gasteiger partial charge in [-0.2, -0.15) is 0 Å². The number of morpholine rings is 1. The maximum absolute atomic E-state index is 12.2. The lowest BCUT2D eigenvalue weighted by molar-refractivity contribution is 0.0949. The van der Waals surface area contributed by atoms with Crippen LogP contribution < -0.4 is 10.2 Å². The molecule has 0 bridgehead atoms. The van der Waals surface area contributed by atoms with E-state index in [1.165, 1.54) is 0 Å². The molecule has 2 heterocycles. The molecule has 0 unspecified atom stereocenters. The summed E-state index contributed by atoms with van der Waals surface area (Å²) in [5.41, 5.74) is 0.663. The average Bonchev–Trinajstić information content (AvgIpc) is 2.59. The minimum atomic E-state index is -0.0379. The number of nitrogens with one attached hydrogen (secondary N) is 1. The maximum atomic E-state index is 12.2. The smallest absolute Gasteiger partial charge is 0.251 e. The van der Waals surface area contributed by atoms with Crippen molar-refractivity contribution in [2.24, 2.45) is 0 Å². The first kappa shape index (κ1) is 16.7. The molecule has 6 heteroatoms. The SMILES string of the molecule is CCN(CC)CCNC(=O)c1ccnc(N2CCOCC2)c1. The van der Waals surface area contributed by atoms with E-state index in [9.17, 15) is 4.79 Å². The van der Waals surface area contributed by atoms with Gasteiger partial charge in [0.2, 0.25) is 0 Å². The van der Waals surface area contributed by atoms with Crippen LogP contribution in [0.15, 0.2) is 18.3 Å². The number of likely N-dealkylation sites (N-methyl/N-ethyl adjacent to an activating group) is 1. The van der Waals surface area contributed by atoms with Crippen LogP contribution in [0.2, 0.25) is 0 Å². The van der Waals surface area contributed by atoms with E-state index < -0.39 is 0 Å². The van der Waals surface area contributed by atoms with Crippen LogP contribution in [0.1, 0.15) is 24.2 Å². The van der Waals surface area contributed by atoms with Gasteiger partial charge in [-0.1, -0.05) is 13.8 Å². The van der Waals surface area contributed by atoms with Crippen LogP contribution in [-0.4, -0.2) is 68.3 Å². The highest BCUT2D eigenvalue weighted by atomic mass is 16.5. The molecule has 1 aliphatic heterocycles. The molecule has 1 N–H and O–H groups in total. The van der Waals surface area contributed by atoms with Crippen molar-refractivity contribution in [3.8, 4) is 0 Å². The molecule has 0 saturated carbocycles. The topological polar surface area (TPSA) is 57.7 Å². The summed E-state index contributed by atoms with van der Waals surface area (Å²) in [6.07, 6.45) is 1.70. The average molecular weight is 306 g/mol. The van der Waals surface area contributed by atoms with Gasteiger partial charge in [-0.15, -0.1) is 0 Å². The van der Waals surface area contributed by atoms with E-state index in [1.807, 2.05) is 6.07 Å². The second kappa shape index (κ2) is 8.70. The fourth-order valence-corrected chi connectivity index (χ4v) is 2.49. The number of carbonyl (C=O) groups excluding carboxylic acids is 1. The van der Waals surface area contributed by atoms with Gasteiger partial charge in [0.25, 0.3) is 5.91 Å². The lowest BCUT2D eigenvalue weighted by Crippen LogP contribution is -2.37. The Morgan fingerprint density at radius 2 is 2.09 bits per heavy atom. The van der Waals surface area contributed by atoms with E-state index in [0.717, 1.165) is 38.5 Å². The van der Waals surface area contributed by atoms with E-state index >= 15 is 0 Å². The minimum absolute atomic E-state index is 0.0379. The van der Waals surface area contributed by atoms with Crippen LogP contribution in [0.5, 0.6) is 0 Å². The van der Waals surface area contributed by atoms with Crippen LogP contribution in [0.3, 0.4) is 0 Å². The highest BCUT2D eigenvalue weighted by molar-refractivity contribution is 5.94. The van der Waals surface area contributed by atoms with Crippen molar-refractivity contribution in [3.63, 3.8) is 0 Å². The first-order chi connectivity index (χ1) is 10.7. The summed E-state index contributed by atoms with van der Waals surface area (Å²) in [7, 11) is 0. The summed E-state index contributed by atoms with van der Waals surface area (Å²) in [6.45, 7) is 10.9. The van der Waals surface area contributed by atoms with E-state index in [0.29, 0.717) is 25.3 Å². The molecule has 122 valence electrons. The number of amides is 1. The number of hydrogen-bond acceptors (Lipinski definition) is 5. The summed E-state index contributed by atoms with van der Waals surface area (Å²) in [4.78, 5) is 21.0. The second-order valence-corrected chi connectivity index (χ2v) is 5.28. The van der Waals surface area contributed by atoms with Crippen molar-refractivity contribution >= 4 is 11.7 Å². The van der Waals surface area contributed by atoms with Crippen LogP contribution >= 0.6 is 0 Å². The van der Waals surface area contributed by atoms with Crippen molar-refractivity contribution in [3.05, 3.63) is 23.9 Å². The second-order valence-electron chi connectivity index (χ2n) is 5.28. The highest BCUT2D eigenvalue weighted by Crippen LogP contribution is 2.14. The molecule has 22 heavy (non-hydrogen) atoms. The molecule has 1 fully saturated rings. The first-order valence-corrected chi connectivity index (χ1v) is 8.04. The number of ether oxygens (including phenoxy) is 1. The molecule has 1 aromatic heterocycles. The van der Waals surface area contributed by atoms with Crippen molar-refractivity contribution < 1.29 is 9.53 Å². The van der Waals surface area contributed by atoms with Crippen molar-refractivity contribution in [1.29, 1.82) is 0 Å². The molecule has 0 atom stereocenters. The number of anilines is 1. The summed E-state index contributed by atoms with van der Waals surface area (Å²) in [5, 5.41) is 2.98. The summed E-state index contributed by atoms with van der Waals surface area (Å²) < 4.78 is 5.34. The molecule has 2 rings (SSSR count). The van der Waals surface area contributed by atoms with E-state index in [1.54, 1.807) is 12.3 Å². The number of rotatable bonds is 7. The van der Waals surface area contributed by atoms with Gasteiger partial charge in [-0.3, -0.25) is 4.79 Å². The Bertz CT molecular complexity index is 471. The molecule has 6 nitrogen and oxygen atoms in total. The quantitative estimate of drug-likeness (QED) is 0.814. The predicted octanol–water partition coefficient (Wildman–Crippen LogP) is 0.990. The van der Waals surface area contributed by atoms with E-state index in [4.69, 9.17) is 4.74 Å². The number of pyridine rings is 1. The van der Waals surface area contributed by atoms with Crippen molar-refractivity contribution in [2.75, 3.05) is 57.4 Å². The van der Waals surface area contributed by atoms with Gasteiger partial charge in [0, 0.05) is 37.9 Å². The van der Waals surface area contributed by atoms with Crippen molar-refractivity contribution in [1.82, 2.24) is 15.2 Å². The molecule has 1 aliphatic rings. The lowest BCUT2D eigenvalue weighted by Gasteiger charge is -2.27. The Morgan fingerprint density at radius 3 is 2.77 bits per heavy atom. The van der Waals surface area contributed by atoms with Gasteiger partial charge < -0.3 is 19.9 Å². The Kier molecular flexibility index (Phi) is 6.61. The van der Waals surface area contributed by atoms with Crippen LogP contribution in [0.4, 0.5) is 5.82 Å². The Balaban J connectivity index is 1.89. The van der Waals surface area contributed by atoms with Gasteiger partial charge in [0.05, 0.1) is 13.2 Å². The summed E-state index contributed by atoms with van der Waals surface area (Å²) in [5.74, 6) is 0.809. The fourth-order valence-electron chi connectivity index (χ4n) is 2.49. The van der Waals surface area contributed by atoms with Crippen LogP contribution in [0.25, 0.3) is 0 Å². The molecular formula is C16H26N4O2.